The molecule has 1 aromatic heterocycles. The third kappa shape index (κ3) is 3.85. The summed E-state index contributed by atoms with van der Waals surface area (Å²) in [6.45, 7) is 6.65. The number of halogens is 1. The van der Waals surface area contributed by atoms with Crippen molar-refractivity contribution in [2.45, 2.75) is 51.6 Å². The van der Waals surface area contributed by atoms with Crippen molar-refractivity contribution in [3.05, 3.63) is 20.3 Å². The van der Waals surface area contributed by atoms with E-state index in [0.29, 0.717) is 5.54 Å². The second kappa shape index (κ2) is 6.91. The fourth-order valence-corrected chi connectivity index (χ4v) is 4.95. The molecule has 0 amide bonds. The molecular formula is C16H27BrN2S. The average molecular weight is 359 g/mol. The van der Waals surface area contributed by atoms with Gasteiger partial charge in [-0.2, -0.15) is 0 Å². The van der Waals surface area contributed by atoms with E-state index in [0.717, 1.165) is 19.0 Å². The first-order valence-corrected chi connectivity index (χ1v) is 9.17. The molecule has 20 heavy (non-hydrogen) atoms. The van der Waals surface area contributed by atoms with Gasteiger partial charge in [0.2, 0.25) is 0 Å². The molecule has 0 aliphatic heterocycles. The summed E-state index contributed by atoms with van der Waals surface area (Å²) in [6.07, 6.45) is 5.40. The molecule has 2 unspecified atom stereocenters. The summed E-state index contributed by atoms with van der Waals surface area (Å²) in [4.78, 5) is 5.24. The quantitative estimate of drug-likeness (QED) is 0.837. The van der Waals surface area contributed by atoms with Gasteiger partial charge in [0.15, 0.2) is 0 Å². The number of hydrogen-bond acceptors (Lipinski definition) is 3. The second-order valence-corrected chi connectivity index (χ2v) is 8.74. The van der Waals surface area contributed by atoms with Crippen molar-refractivity contribution in [1.82, 2.24) is 10.2 Å². The highest BCUT2D eigenvalue weighted by Gasteiger charge is 2.36. The van der Waals surface area contributed by atoms with Gasteiger partial charge < -0.3 is 10.2 Å². The largest absolute Gasteiger partial charge is 0.310 e. The summed E-state index contributed by atoms with van der Waals surface area (Å²) < 4.78 is 1.24. The number of nitrogens with one attached hydrogen (secondary N) is 1. The Bertz CT molecular complexity index is 424. The maximum atomic E-state index is 3.70. The minimum atomic E-state index is 0.348. The molecule has 0 spiro atoms. The first kappa shape index (κ1) is 16.5. The third-order valence-corrected chi connectivity index (χ3v) is 6.81. The van der Waals surface area contributed by atoms with Crippen molar-refractivity contribution < 1.29 is 0 Å². The van der Waals surface area contributed by atoms with Gasteiger partial charge in [0.05, 0.1) is 0 Å². The maximum Gasteiger partial charge on any atom is 0.0330 e. The van der Waals surface area contributed by atoms with Crippen molar-refractivity contribution in [3.8, 4) is 0 Å². The minimum absolute atomic E-state index is 0.348. The topological polar surface area (TPSA) is 15.3 Å². The van der Waals surface area contributed by atoms with Gasteiger partial charge in [-0.1, -0.05) is 19.8 Å². The lowest BCUT2D eigenvalue weighted by Crippen LogP contribution is -2.54. The van der Waals surface area contributed by atoms with E-state index in [1.807, 2.05) is 11.3 Å². The molecule has 1 fully saturated rings. The Kier molecular flexibility index (Phi) is 5.69. The molecule has 2 atom stereocenters. The predicted molar refractivity (Wildman–Crippen MR) is 92.5 cm³/mol. The number of aryl methyl sites for hydroxylation is 1. The van der Waals surface area contributed by atoms with Crippen molar-refractivity contribution in [1.29, 1.82) is 0 Å². The molecule has 1 aliphatic rings. The van der Waals surface area contributed by atoms with Crippen LogP contribution in [0.5, 0.6) is 0 Å². The van der Waals surface area contributed by atoms with Crippen LogP contribution in [-0.4, -0.2) is 31.1 Å². The predicted octanol–water partition coefficient (Wildman–Crippen LogP) is 4.42. The molecule has 0 saturated heterocycles. The van der Waals surface area contributed by atoms with E-state index in [9.17, 15) is 0 Å². The van der Waals surface area contributed by atoms with E-state index in [1.165, 1.54) is 39.9 Å². The van der Waals surface area contributed by atoms with Crippen molar-refractivity contribution >= 4 is 27.3 Å². The van der Waals surface area contributed by atoms with Crippen LogP contribution in [0.4, 0.5) is 0 Å². The van der Waals surface area contributed by atoms with Crippen LogP contribution < -0.4 is 5.32 Å². The average Bonchev–Trinajstić information content (AvgIpc) is 2.68. The molecule has 1 saturated carbocycles. The summed E-state index contributed by atoms with van der Waals surface area (Å²) in [6, 6.07) is 2.25. The van der Waals surface area contributed by atoms with Crippen LogP contribution in [-0.2, 0) is 6.54 Å². The van der Waals surface area contributed by atoms with Gasteiger partial charge >= 0.3 is 0 Å². The monoisotopic (exact) mass is 358 g/mol. The van der Waals surface area contributed by atoms with Crippen LogP contribution in [0, 0.1) is 12.8 Å². The molecule has 0 radical (unpaired) electrons. The van der Waals surface area contributed by atoms with Gasteiger partial charge in [0, 0.05) is 32.9 Å². The highest BCUT2D eigenvalue weighted by molar-refractivity contribution is 9.10. The third-order valence-electron chi connectivity index (χ3n) is 4.68. The SMILES string of the molecule is Cc1sc(CNCC2(N(C)C)CCCC(C)C2)cc1Br. The van der Waals surface area contributed by atoms with Crippen LogP contribution in [0.25, 0.3) is 0 Å². The highest BCUT2D eigenvalue weighted by Crippen LogP contribution is 2.35. The van der Waals surface area contributed by atoms with E-state index in [4.69, 9.17) is 0 Å². The smallest absolute Gasteiger partial charge is 0.0330 e. The van der Waals surface area contributed by atoms with E-state index in [1.54, 1.807) is 0 Å². The summed E-state index contributed by atoms with van der Waals surface area (Å²) in [5, 5.41) is 3.70. The molecule has 2 rings (SSSR count). The zero-order chi connectivity index (χ0) is 14.8. The van der Waals surface area contributed by atoms with Gasteiger partial charge in [-0.15, -0.1) is 11.3 Å². The number of nitrogens with zero attached hydrogens (tertiary/aromatic N) is 1. The number of hydrogen-bond donors (Lipinski definition) is 1. The van der Waals surface area contributed by atoms with Gasteiger partial charge in [-0.3, -0.25) is 0 Å². The van der Waals surface area contributed by atoms with Crippen LogP contribution in [0.15, 0.2) is 10.5 Å². The van der Waals surface area contributed by atoms with E-state index >= 15 is 0 Å². The molecule has 4 heteroatoms. The van der Waals surface area contributed by atoms with Crippen molar-refractivity contribution in [3.63, 3.8) is 0 Å². The van der Waals surface area contributed by atoms with Gasteiger partial charge in [-0.25, -0.2) is 0 Å². The Morgan fingerprint density at radius 2 is 2.25 bits per heavy atom. The van der Waals surface area contributed by atoms with Crippen LogP contribution in [0.3, 0.4) is 0 Å². The van der Waals surface area contributed by atoms with E-state index in [-0.39, 0.29) is 0 Å². The van der Waals surface area contributed by atoms with Crippen molar-refractivity contribution in [2.24, 2.45) is 5.92 Å². The molecule has 2 nitrogen and oxygen atoms in total. The van der Waals surface area contributed by atoms with E-state index in [2.05, 4.69) is 60.2 Å². The second-order valence-electron chi connectivity index (χ2n) is 6.54. The number of likely N-dealkylation sites (N-methyl/N-ethyl adjacent to an activating group) is 1. The Morgan fingerprint density at radius 3 is 2.80 bits per heavy atom. The summed E-state index contributed by atoms with van der Waals surface area (Å²) in [5.74, 6) is 0.853. The Hall–Kier alpha value is 0.100. The fourth-order valence-electron chi connectivity index (χ4n) is 3.38. The van der Waals surface area contributed by atoms with Gasteiger partial charge in [0.25, 0.3) is 0 Å². The molecule has 1 heterocycles. The number of thiophene rings is 1. The lowest BCUT2D eigenvalue weighted by Gasteiger charge is -2.45. The van der Waals surface area contributed by atoms with Crippen LogP contribution in [0.1, 0.15) is 42.4 Å². The Balaban J connectivity index is 1.92. The van der Waals surface area contributed by atoms with Crippen LogP contribution in [0.2, 0.25) is 0 Å². The Labute approximate surface area is 136 Å². The number of rotatable bonds is 5. The van der Waals surface area contributed by atoms with Gasteiger partial charge in [-0.05, 0) is 61.8 Å². The standard InChI is InChI=1S/C16H27BrN2S/c1-12-6-5-7-16(9-12,19(3)4)11-18-10-14-8-15(17)13(2)20-14/h8,12,18H,5-7,9-11H2,1-4H3. The highest BCUT2D eigenvalue weighted by atomic mass is 79.9. The summed E-state index contributed by atoms with van der Waals surface area (Å²) in [7, 11) is 4.48. The van der Waals surface area contributed by atoms with Gasteiger partial charge in [0.1, 0.15) is 0 Å². The molecule has 1 aliphatic carbocycles. The van der Waals surface area contributed by atoms with Crippen LogP contribution >= 0.6 is 27.3 Å². The summed E-state index contributed by atoms with van der Waals surface area (Å²) in [5.41, 5.74) is 0.348. The zero-order valence-electron chi connectivity index (χ0n) is 13.1. The minimum Gasteiger partial charge on any atom is -0.310 e. The molecular weight excluding hydrogens is 332 g/mol. The Morgan fingerprint density at radius 1 is 1.50 bits per heavy atom. The molecule has 1 N–H and O–H groups in total. The van der Waals surface area contributed by atoms with Crippen molar-refractivity contribution in [2.75, 3.05) is 20.6 Å². The summed E-state index contributed by atoms with van der Waals surface area (Å²) >= 11 is 5.49. The first-order valence-electron chi connectivity index (χ1n) is 7.56. The molecule has 114 valence electrons. The molecule has 0 bridgehead atoms. The lowest BCUT2D eigenvalue weighted by atomic mass is 9.75. The molecule has 0 aromatic carbocycles. The lowest BCUT2D eigenvalue weighted by molar-refractivity contribution is 0.0750. The van der Waals surface area contributed by atoms with E-state index < -0.39 is 0 Å². The maximum absolute atomic E-state index is 3.70. The molecule has 1 aromatic rings. The fraction of sp³-hybridized carbons (Fsp3) is 0.750. The first-order chi connectivity index (χ1) is 9.43. The zero-order valence-corrected chi connectivity index (χ0v) is 15.5. The normalized spacial score (nSPS) is 27.2.